The first-order valence-electron chi connectivity index (χ1n) is 9.81. The Morgan fingerprint density at radius 1 is 0.964 bits per heavy atom. The average Bonchev–Trinajstić information content (AvgIpc) is 2.95. The Kier molecular flexibility index (Phi) is 5.20. The van der Waals surface area contributed by atoms with Crippen molar-refractivity contribution in [3.63, 3.8) is 0 Å². The van der Waals surface area contributed by atoms with E-state index in [4.69, 9.17) is 9.72 Å². The summed E-state index contributed by atoms with van der Waals surface area (Å²) < 4.78 is 5.47. The van der Waals surface area contributed by atoms with E-state index in [-0.39, 0.29) is 12.4 Å². The number of rotatable bonds is 4. The van der Waals surface area contributed by atoms with Gasteiger partial charge >= 0.3 is 5.97 Å². The molecule has 3 aromatic rings. The smallest absolute Gasteiger partial charge is 0.339 e. The fourth-order valence-corrected chi connectivity index (χ4v) is 3.81. The number of Topliss-reactive ketones (excluding diaryl/α,β-unsaturated/α-hetero) is 1. The fourth-order valence-electron chi connectivity index (χ4n) is 3.81. The van der Waals surface area contributed by atoms with Crippen LogP contribution in [0.3, 0.4) is 0 Å². The summed E-state index contributed by atoms with van der Waals surface area (Å²) in [6.07, 6.45) is 4.95. The van der Waals surface area contributed by atoms with Gasteiger partial charge in [0.15, 0.2) is 12.4 Å². The van der Waals surface area contributed by atoms with Crippen molar-refractivity contribution in [1.29, 1.82) is 0 Å². The van der Waals surface area contributed by atoms with E-state index in [9.17, 15) is 9.59 Å². The summed E-state index contributed by atoms with van der Waals surface area (Å²) in [5, 5.41) is 0.802. The van der Waals surface area contributed by atoms with Crippen LogP contribution >= 0.6 is 0 Å². The minimum absolute atomic E-state index is 0.196. The van der Waals surface area contributed by atoms with E-state index in [0.717, 1.165) is 59.8 Å². The molecule has 0 spiro atoms. The molecular formula is C24H23NO3. The number of aryl methyl sites for hydroxylation is 2. The SMILES string of the molecule is Cc1ccc(C(=O)COC(=O)c2c3c(nc4ccccc24)CCCCC3)cc1. The van der Waals surface area contributed by atoms with Crippen LogP contribution in [0.4, 0.5) is 0 Å². The van der Waals surface area contributed by atoms with Gasteiger partial charge in [-0.2, -0.15) is 0 Å². The average molecular weight is 373 g/mol. The van der Waals surface area contributed by atoms with Crippen molar-refractivity contribution in [2.75, 3.05) is 6.61 Å². The first kappa shape index (κ1) is 18.4. The highest BCUT2D eigenvalue weighted by atomic mass is 16.5. The van der Waals surface area contributed by atoms with Crippen LogP contribution in [0.5, 0.6) is 0 Å². The Balaban J connectivity index is 1.64. The van der Waals surface area contributed by atoms with Crippen LogP contribution in [0.25, 0.3) is 10.9 Å². The lowest BCUT2D eigenvalue weighted by Gasteiger charge is -2.14. The summed E-state index contributed by atoms with van der Waals surface area (Å²) in [5.41, 5.74) is 5.01. The maximum Gasteiger partial charge on any atom is 0.339 e. The minimum atomic E-state index is -0.433. The minimum Gasteiger partial charge on any atom is -0.454 e. The first-order chi connectivity index (χ1) is 13.6. The van der Waals surface area contributed by atoms with Crippen LogP contribution < -0.4 is 0 Å². The maximum absolute atomic E-state index is 13.0. The van der Waals surface area contributed by atoms with Crippen LogP contribution in [-0.4, -0.2) is 23.3 Å². The van der Waals surface area contributed by atoms with Crippen LogP contribution in [0.1, 0.15) is 56.8 Å². The second-order valence-electron chi connectivity index (χ2n) is 7.36. The van der Waals surface area contributed by atoms with Gasteiger partial charge in [0.1, 0.15) is 0 Å². The van der Waals surface area contributed by atoms with E-state index in [1.807, 2.05) is 43.3 Å². The predicted molar refractivity (Wildman–Crippen MR) is 109 cm³/mol. The second kappa shape index (κ2) is 7.93. The third-order valence-electron chi connectivity index (χ3n) is 5.33. The van der Waals surface area contributed by atoms with E-state index < -0.39 is 5.97 Å². The molecule has 4 heteroatoms. The molecule has 142 valence electrons. The molecule has 0 aliphatic heterocycles. The van der Waals surface area contributed by atoms with Gasteiger partial charge in [0.05, 0.1) is 11.1 Å². The van der Waals surface area contributed by atoms with Crippen molar-refractivity contribution in [2.24, 2.45) is 0 Å². The van der Waals surface area contributed by atoms with Crippen LogP contribution in [0, 0.1) is 6.92 Å². The highest BCUT2D eigenvalue weighted by Gasteiger charge is 2.23. The molecule has 0 radical (unpaired) electrons. The Morgan fingerprint density at radius 2 is 1.71 bits per heavy atom. The molecule has 0 amide bonds. The molecule has 1 aromatic heterocycles. The quantitative estimate of drug-likeness (QED) is 0.373. The number of esters is 1. The monoisotopic (exact) mass is 373 g/mol. The molecule has 2 aromatic carbocycles. The summed E-state index contributed by atoms with van der Waals surface area (Å²) >= 11 is 0. The lowest BCUT2D eigenvalue weighted by molar-refractivity contribution is 0.0475. The summed E-state index contributed by atoms with van der Waals surface area (Å²) in [7, 11) is 0. The molecule has 0 saturated heterocycles. The number of ether oxygens (including phenoxy) is 1. The van der Waals surface area contributed by atoms with E-state index in [1.165, 1.54) is 0 Å². The van der Waals surface area contributed by atoms with E-state index in [1.54, 1.807) is 12.1 Å². The van der Waals surface area contributed by atoms with Crippen molar-refractivity contribution in [3.8, 4) is 0 Å². The highest BCUT2D eigenvalue weighted by molar-refractivity contribution is 6.06. The number of ketones is 1. The third kappa shape index (κ3) is 3.68. The number of para-hydroxylation sites is 1. The van der Waals surface area contributed by atoms with Gasteiger partial charge in [-0.05, 0) is 44.2 Å². The molecule has 1 aliphatic carbocycles. The molecule has 0 fully saturated rings. The van der Waals surface area contributed by atoms with Gasteiger partial charge in [0.25, 0.3) is 0 Å². The van der Waals surface area contributed by atoms with Crippen LogP contribution in [0.15, 0.2) is 48.5 Å². The molecule has 0 saturated carbocycles. The number of benzene rings is 2. The first-order valence-corrected chi connectivity index (χ1v) is 9.81. The number of nitrogens with zero attached hydrogens (tertiary/aromatic N) is 1. The van der Waals surface area contributed by atoms with Crippen molar-refractivity contribution in [3.05, 3.63) is 76.5 Å². The lowest BCUT2D eigenvalue weighted by Crippen LogP contribution is -2.17. The van der Waals surface area contributed by atoms with Gasteiger partial charge in [0, 0.05) is 16.6 Å². The second-order valence-corrected chi connectivity index (χ2v) is 7.36. The molecule has 28 heavy (non-hydrogen) atoms. The van der Waals surface area contributed by atoms with E-state index in [0.29, 0.717) is 11.1 Å². The van der Waals surface area contributed by atoms with Crippen molar-refractivity contribution in [1.82, 2.24) is 4.98 Å². The summed E-state index contributed by atoms with van der Waals surface area (Å²) in [4.78, 5) is 30.2. The number of hydrogen-bond acceptors (Lipinski definition) is 4. The fraction of sp³-hybridized carbons (Fsp3) is 0.292. The van der Waals surface area contributed by atoms with Crippen LogP contribution in [0.2, 0.25) is 0 Å². The number of carbonyl (C=O) groups excluding carboxylic acids is 2. The van der Waals surface area contributed by atoms with E-state index in [2.05, 4.69) is 0 Å². The number of aromatic nitrogens is 1. The summed E-state index contributed by atoms with van der Waals surface area (Å²) in [5.74, 6) is -0.630. The number of fused-ring (bicyclic) bond motifs is 2. The zero-order valence-corrected chi connectivity index (χ0v) is 16.0. The zero-order chi connectivity index (χ0) is 19.5. The molecule has 4 nitrogen and oxygen atoms in total. The lowest BCUT2D eigenvalue weighted by atomic mass is 9.97. The van der Waals surface area contributed by atoms with Gasteiger partial charge in [-0.25, -0.2) is 4.79 Å². The number of pyridine rings is 1. The zero-order valence-electron chi connectivity index (χ0n) is 16.0. The molecule has 0 N–H and O–H groups in total. The normalized spacial score (nSPS) is 13.6. The Labute approximate surface area is 164 Å². The van der Waals surface area contributed by atoms with Gasteiger partial charge in [0.2, 0.25) is 0 Å². The molecule has 0 atom stereocenters. The van der Waals surface area contributed by atoms with Gasteiger partial charge in [-0.3, -0.25) is 9.78 Å². The molecule has 1 heterocycles. The summed E-state index contributed by atoms with van der Waals surface area (Å²) in [6.45, 7) is 1.71. The van der Waals surface area contributed by atoms with E-state index >= 15 is 0 Å². The van der Waals surface area contributed by atoms with Crippen molar-refractivity contribution < 1.29 is 14.3 Å². The Bertz CT molecular complexity index is 1040. The standard InChI is InChI=1S/C24H23NO3/c1-16-11-13-17(14-12-16)22(26)15-28-24(27)23-18-7-3-2-4-9-20(18)25-21-10-6-5-8-19(21)23/h5-6,8,10-14H,2-4,7,9,15H2,1H3. The van der Waals surface area contributed by atoms with Crippen LogP contribution in [-0.2, 0) is 17.6 Å². The Hall–Kier alpha value is -3.01. The largest absolute Gasteiger partial charge is 0.454 e. The number of hydrogen-bond donors (Lipinski definition) is 0. The highest BCUT2D eigenvalue weighted by Crippen LogP contribution is 2.29. The predicted octanol–water partition coefficient (Wildman–Crippen LogP) is 4.85. The van der Waals surface area contributed by atoms with Crippen molar-refractivity contribution >= 4 is 22.7 Å². The summed E-state index contributed by atoms with van der Waals surface area (Å²) in [6, 6.07) is 15.0. The van der Waals surface area contributed by atoms with Gasteiger partial charge in [-0.15, -0.1) is 0 Å². The maximum atomic E-state index is 13.0. The molecule has 0 unspecified atom stereocenters. The molecule has 1 aliphatic rings. The topological polar surface area (TPSA) is 56.3 Å². The molecular weight excluding hydrogens is 350 g/mol. The van der Waals surface area contributed by atoms with Gasteiger partial charge in [-0.1, -0.05) is 54.4 Å². The third-order valence-corrected chi connectivity index (χ3v) is 5.33. The molecule has 4 rings (SSSR count). The molecule has 0 bridgehead atoms. The van der Waals surface area contributed by atoms with Crippen molar-refractivity contribution in [2.45, 2.75) is 39.0 Å². The Morgan fingerprint density at radius 3 is 2.54 bits per heavy atom. The van der Waals surface area contributed by atoms with Gasteiger partial charge < -0.3 is 4.74 Å². The number of carbonyl (C=O) groups is 2.